The molecule has 2 aromatic rings. The fraction of sp³-hybridized carbons (Fsp3) is 0.304. The first kappa shape index (κ1) is 18.8. The number of aliphatic imine (C=N–C) groups is 1. The van der Waals surface area contributed by atoms with Crippen LogP contribution in [0.25, 0.3) is 6.08 Å². The summed E-state index contributed by atoms with van der Waals surface area (Å²) in [5.74, 6) is 0.935. The molecule has 4 nitrogen and oxygen atoms in total. The predicted molar refractivity (Wildman–Crippen MR) is 117 cm³/mol. The highest BCUT2D eigenvalue weighted by molar-refractivity contribution is 8.19. The molecule has 0 saturated carbocycles. The fourth-order valence-corrected chi connectivity index (χ4v) is 4.44. The number of carbonyl (C=O) groups is 1. The molecule has 0 spiro atoms. The van der Waals surface area contributed by atoms with Crippen LogP contribution in [0.2, 0.25) is 0 Å². The highest BCUT2D eigenvalue weighted by Crippen LogP contribution is 2.37. The van der Waals surface area contributed by atoms with E-state index in [9.17, 15) is 4.79 Å². The van der Waals surface area contributed by atoms with Crippen molar-refractivity contribution in [1.82, 2.24) is 0 Å². The number of thioether (sulfide) groups is 1. The average molecular weight is 393 g/mol. The van der Waals surface area contributed by atoms with E-state index >= 15 is 0 Å². The van der Waals surface area contributed by atoms with Gasteiger partial charge >= 0.3 is 0 Å². The Morgan fingerprint density at radius 1 is 1.18 bits per heavy atom. The third-order valence-electron chi connectivity index (χ3n) is 4.70. The Balaban J connectivity index is 1.69. The monoisotopic (exact) mass is 392 g/mol. The Hall–Kier alpha value is -2.53. The maximum atomic E-state index is 13.2. The summed E-state index contributed by atoms with van der Waals surface area (Å²) in [5, 5.41) is 0.733. The summed E-state index contributed by atoms with van der Waals surface area (Å²) in [5.41, 5.74) is 4.25. The molecule has 2 aliphatic rings. The van der Waals surface area contributed by atoms with E-state index in [-0.39, 0.29) is 11.9 Å². The molecule has 1 fully saturated rings. The largest absolute Gasteiger partial charge is 0.493 e. The van der Waals surface area contributed by atoms with Crippen molar-refractivity contribution in [3.8, 4) is 5.75 Å². The average Bonchev–Trinajstić information content (AvgIpc) is 2.97. The Kier molecular flexibility index (Phi) is 5.27. The number of anilines is 1. The lowest BCUT2D eigenvalue weighted by atomic mass is 10.0. The van der Waals surface area contributed by atoms with E-state index in [1.807, 2.05) is 63.2 Å². The molecule has 2 aliphatic heterocycles. The molecule has 2 aromatic carbocycles. The summed E-state index contributed by atoms with van der Waals surface area (Å²) < 4.78 is 5.69. The van der Waals surface area contributed by atoms with Gasteiger partial charge in [-0.15, -0.1) is 0 Å². The molecule has 5 heteroatoms. The number of hydrogen-bond donors (Lipinski definition) is 0. The number of amides is 1. The van der Waals surface area contributed by atoms with Crippen LogP contribution in [0.4, 0.5) is 5.69 Å². The molecule has 0 unspecified atom stereocenters. The summed E-state index contributed by atoms with van der Waals surface area (Å²) in [6, 6.07) is 14.2. The van der Waals surface area contributed by atoms with Crippen molar-refractivity contribution >= 4 is 34.6 Å². The van der Waals surface area contributed by atoms with Gasteiger partial charge in [0.1, 0.15) is 5.75 Å². The van der Waals surface area contributed by atoms with Crippen molar-refractivity contribution in [2.75, 3.05) is 11.5 Å². The highest BCUT2D eigenvalue weighted by Gasteiger charge is 2.34. The molecule has 144 valence electrons. The second-order valence-corrected chi connectivity index (χ2v) is 8.42. The minimum Gasteiger partial charge on any atom is -0.493 e. The van der Waals surface area contributed by atoms with Gasteiger partial charge in [-0.05, 0) is 86.8 Å². The quantitative estimate of drug-likeness (QED) is 0.674. The van der Waals surface area contributed by atoms with Gasteiger partial charge in [0.05, 0.1) is 17.2 Å². The van der Waals surface area contributed by atoms with Crippen molar-refractivity contribution in [2.45, 2.75) is 39.7 Å². The summed E-state index contributed by atoms with van der Waals surface area (Å²) >= 11 is 1.44. The third-order valence-corrected chi connectivity index (χ3v) is 5.68. The van der Waals surface area contributed by atoms with E-state index < -0.39 is 0 Å². The SMILES string of the molecule is Cc1ccc(N2C(=O)/C(=C/c3ccc4c(c3)CCCO4)S/C2=N\C(C)C)cc1. The summed E-state index contributed by atoms with van der Waals surface area (Å²) in [6.07, 6.45) is 4.02. The van der Waals surface area contributed by atoms with Crippen LogP contribution in [0, 0.1) is 6.92 Å². The van der Waals surface area contributed by atoms with Gasteiger partial charge in [0.25, 0.3) is 5.91 Å². The van der Waals surface area contributed by atoms with Gasteiger partial charge < -0.3 is 4.74 Å². The molecule has 2 heterocycles. The van der Waals surface area contributed by atoms with Crippen LogP contribution >= 0.6 is 11.8 Å². The number of nitrogens with zero attached hydrogens (tertiary/aromatic N) is 2. The second kappa shape index (κ2) is 7.84. The minimum atomic E-state index is -0.0257. The molecule has 0 aromatic heterocycles. The number of hydrogen-bond acceptors (Lipinski definition) is 4. The summed E-state index contributed by atoms with van der Waals surface area (Å²) in [6.45, 7) is 6.87. The maximum absolute atomic E-state index is 13.2. The third kappa shape index (κ3) is 3.85. The fourth-order valence-electron chi connectivity index (χ4n) is 3.32. The zero-order valence-electron chi connectivity index (χ0n) is 16.4. The van der Waals surface area contributed by atoms with Crippen molar-refractivity contribution < 1.29 is 9.53 Å². The number of aryl methyl sites for hydroxylation is 2. The Morgan fingerprint density at radius 3 is 2.71 bits per heavy atom. The Morgan fingerprint density at radius 2 is 1.96 bits per heavy atom. The molecule has 0 N–H and O–H groups in total. The highest BCUT2D eigenvalue weighted by atomic mass is 32.2. The zero-order chi connectivity index (χ0) is 19.7. The zero-order valence-corrected chi connectivity index (χ0v) is 17.3. The summed E-state index contributed by atoms with van der Waals surface area (Å²) in [7, 11) is 0. The number of ether oxygens (including phenoxy) is 1. The standard InChI is InChI=1S/C23H24N2O2S/c1-15(2)24-23-25(19-9-6-16(3)7-10-19)22(26)21(28-23)14-17-8-11-20-18(13-17)5-4-12-27-20/h6-11,13-15H,4-5,12H2,1-3H3/b21-14-,24-23-. The van der Waals surface area contributed by atoms with Crippen LogP contribution in [0.1, 0.15) is 37.0 Å². The van der Waals surface area contributed by atoms with Crippen LogP contribution < -0.4 is 9.64 Å². The molecule has 1 saturated heterocycles. The molecule has 1 amide bonds. The molecule has 0 atom stereocenters. The number of benzene rings is 2. The first-order chi connectivity index (χ1) is 13.5. The normalized spacial score (nSPS) is 19.4. The van der Waals surface area contributed by atoms with Crippen molar-refractivity contribution in [1.29, 1.82) is 0 Å². The molecular formula is C23H24N2O2S. The van der Waals surface area contributed by atoms with Crippen molar-refractivity contribution in [3.05, 3.63) is 64.1 Å². The number of rotatable bonds is 3. The van der Waals surface area contributed by atoms with Crippen molar-refractivity contribution in [3.63, 3.8) is 0 Å². The van der Waals surface area contributed by atoms with Gasteiger partial charge in [-0.3, -0.25) is 14.7 Å². The van der Waals surface area contributed by atoms with Gasteiger partial charge in [0.2, 0.25) is 0 Å². The number of carbonyl (C=O) groups excluding carboxylic acids is 1. The van der Waals surface area contributed by atoms with Gasteiger partial charge in [0, 0.05) is 6.04 Å². The first-order valence-corrected chi connectivity index (χ1v) is 10.5. The lowest BCUT2D eigenvalue weighted by molar-refractivity contribution is -0.113. The smallest absolute Gasteiger partial charge is 0.271 e. The van der Waals surface area contributed by atoms with Crippen molar-refractivity contribution in [2.24, 2.45) is 4.99 Å². The molecule has 0 radical (unpaired) electrons. The van der Waals surface area contributed by atoms with E-state index in [4.69, 9.17) is 9.73 Å². The summed E-state index contributed by atoms with van der Waals surface area (Å²) in [4.78, 5) is 20.3. The molecular weight excluding hydrogens is 368 g/mol. The van der Waals surface area contributed by atoms with E-state index in [0.717, 1.165) is 47.2 Å². The lowest BCUT2D eigenvalue weighted by Gasteiger charge is -2.17. The van der Waals surface area contributed by atoms with Crippen LogP contribution in [0.3, 0.4) is 0 Å². The van der Waals surface area contributed by atoms with Crippen LogP contribution in [-0.2, 0) is 11.2 Å². The van der Waals surface area contributed by atoms with Crippen LogP contribution in [-0.4, -0.2) is 23.7 Å². The topological polar surface area (TPSA) is 41.9 Å². The molecule has 0 bridgehead atoms. The van der Waals surface area contributed by atoms with Gasteiger partial charge in [-0.1, -0.05) is 23.8 Å². The van der Waals surface area contributed by atoms with E-state index in [1.54, 1.807) is 4.90 Å². The maximum Gasteiger partial charge on any atom is 0.271 e. The van der Waals surface area contributed by atoms with E-state index in [1.165, 1.54) is 17.3 Å². The minimum absolute atomic E-state index is 0.0257. The van der Waals surface area contributed by atoms with Crippen LogP contribution in [0.5, 0.6) is 5.75 Å². The Labute approximate surface area is 170 Å². The molecule has 4 rings (SSSR count). The van der Waals surface area contributed by atoms with E-state index in [2.05, 4.69) is 6.07 Å². The number of amidine groups is 1. The van der Waals surface area contributed by atoms with Crippen LogP contribution in [0.15, 0.2) is 52.4 Å². The predicted octanol–water partition coefficient (Wildman–Crippen LogP) is 5.21. The second-order valence-electron chi connectivity index (χ2n) is 7.41. The number of fused-ring (bicyclic) bond motifs is 1. The van der Waals surface area contributed by atoms with Gasteiger partial charge in [-0.25, -0.2) is 0 Å². The molecule has 28 heavy (non-hydrogen) atoms. The Bertz CT molecular complexity index is 961. The van der Waals surface area contributed by atoms with Gasteiger partial charge in [0.15, 0.2) is 5.17 Å². The first-order valence-electron chi connectivity index (χ1n) is 9.65. The molecule has 0 aliphatic carbocycles. The lowest BCUT2D eigenvalue weighted by Crippen LogP contribution is -2.29. The van der Waals surface area contributed by atoms with E-state index in [0.29, 0.717) is 4.91 Å². The van der Waals surface area contributed by atoms with Gasteiger partial charge in [-0.2, -0.15) is 0 Å².